The number of hydrogen-bond donors (Lipinski definition) is 2. The molecule has 0 radical (unpaired) electrons. The number of hydrogen-bond acceptors (Lipinski definition) is 3. The third-order valence-corrected chi connectivity index (χ3v) is 3.41. The zero-order chi connectivity index (χ0) is 16.2. The number of anilines is 1. The van der Waals surface area contributed by atoms with Crippen molar-refractivity contribution in [3.8, 4) is 5.82 Å². The van der Waals surface area contributed by atoms with Crippen LogP contribution in [-0.2, 0) is 0 Å². The molecule has 2 amide bonds. The minimum atomic E-state index is -0.242. The molecule has 0 saturated carbocycles. The Labute approximate surface area is 134 Å². The molecule has 0 saturated heterocycles. The third kappa shape index (κ3) is 3.31. The van der Waals surface area contributed by atoms with Crippen LogP contribution >= 0.6 is 0 Å². The van der Waals surface area contributed by atoms with E-state index in [4.69, 9.17) is 0 Å². The van der Waals surface area contributed by atoms with E-state index in [1.165, 1.54) is 0 Å². The van der Waals surface area contributed by atoms with Crippen molar-refractivity contribution in [3.05, 3.63) is 48.2 Å². The van der Waals surface area contributed by atoms with Crippen LogP contribution in [-0.4, -0.2) is 27.3 Å². The SMILES string of the molecule is CCCNC(=O)Nc1cc(C)nn1-c1ccc2ccccc2n1. The highest BCUT2D eigenvalue weighted by atomic mass is 16.2. The molecule has 0 aliphatic rings. The highest BCUT2D eigenvalue weighted by molar-refractivity contribution is 5.88. The van der Waals surface area contributed by atoms with Crippen molar-refractivity contribution in [2.75, 3.05) is 11.9 Å². The van der Waals surface area contributed by atoms with Crippen LogP contribution in [0.4, 0.5) is 10.6 Å². The van der Waals surface area contributed by atoms with Crippen LogP contribution in [0.25, 0.3) is 16.7 Å². The van der Waals surface area contributed by atoms with E-state index in [1.54, 1.807) is 4.68 Å². The van der Waals surface area contributed by atoms with E-state index in [0.29, 0.717) is 18.2 Å². The summed E-state index contributed by atoms with van der Waals surface area (Å²) in [5.41, 5.74) is 1.70. The Morgan fingerprint density at radius 2 is 2.04 bits per heavy atom. The summed E-state index contributed by atoms with van der Waals surface area (Å²) in [5.74, 6) is 1.27. The van der Waals surface area contributed by atoms with E-state index in [2.05, 4.69) is 20.7 Å². The van der Waals surface area contributed by atoms with Crippen molar-refractivity contribution < 1.29 is 4.79 Å². The number of nitrogens with one attached hydrogen (secondary N) is 2. The molecule has 0 unspecified atom stereocenters. The molecule has 0 bridgehead atoms. The summed E-state index contributed by atoms with van der Waals surface area (Å²) in [4.78, 5) is 16.5. The maximum Gasteiger partial charge on any atom is 0.320 e. The summed E-state index contributed by atoms with van der Waals surface area (Å²) >= 11 is 0. The first-order valence-corrected chi connectivity index (χ1v) is 7.65. The molecule has 3 aromatic rings. The zero-order valence-electron chi connectivity index (χ0n) is 13.2. The quantitative estimate of drug-likeness (QED) is 0.777. The average Bonchev–Trinajstić information content (AvgIpc) is 2.92. The molecule has 2 aromatic heterocycles. The van der Waals surface area contributed by atoms with Crippen molar-refractivity contribution in [3.63, 3.8) is 0 Å². The number of aryl methyl sites for hydroxylation is 1. The fraction of sp³-hybridized carbons (Fsp3) is 0.235. The number of pyridine rings is 1. The molecule has 3 rings (SSSR count). The second-order valence-electron chi connectivity index (χ2n) is 5.33. The zero-order valence-corrected chi connectivity index (χ0v) is 13.2. The summed E-state index contributed by atoms with van der Waals surface area (Å²) in [5, 5.41) is 11.1. The topological polar surface area (TPSA) is 71.8 Å². The number of urea groups is 1. The predicted octanol–water partition coefficient (Wildman–Crippen LogP) is 3.26. The van der Waals surface area contributed by atoms with Gasteiger partial charge >= 0.3 is 6.03 Å². The summed E-state index contributed by atoms with van der Waals surface area (Å²) in [7, 11) is 0. The molecule has 2 heterocycles. The second kappa shape index (κ2) is 6.48. The van der Waals surface area contributed by atoms with Crippen LogP contribution in [0.1, 0.15) is 19.0 Å². The second-order valence-corrected chi connectivity index (χ2v) is 5.33. The Bertz CT molecular complexity index is 840. The molecule has 0 aliphatic carbocycles. The number of benzene rings is 1. The normalized spacial score (nSPS) is 10.7. The Morgan fingerprint density at radius 1 is 1.22 bits per heavy atom. The third-order valence-electron chi connectivity index (χ3n) is 3.41. The molecule has 1 aromatic carbocycles. The number of nitrogens with zero attached hydrogens (tertiary/aromatic N) is 3. The van der Waals surface area contributed by atoms with Crippen molar-refractivity contribution in [2.45, 2.75) is 20.3 Å². The van der Waals surface area contributed by atoms with E-state index in [9.17, 15) is 4.79 Å². The predicted molar refractivity (Wildman–Crippen MR) is 90.9 cm³/mol. The van der Waals surface area contributed by atoms with Crippen molar-refractivity contribution in [1.29, 1.82) is 0 Å². The lowest BCUT2D eigenvalue weighted by atomic mass is 10.2. The minimum Gasteiger partial charge on any atom is -0.338 e. The van der Waals surface area contributed by atoms with Crippen LogP contribution in [0.2, 0.25) is 0 Å². The molecule has 23 heavy (non-hydrogen) atoms. The van der Waals surface area contributed by atoms with Gasteiger partial charge in [0.05, 0.1) is 11.2 Å². The number of rotatable bonds is 4. The molecule has 6 heteroatoms. The first-order chi connectivity index (χ1) is 11.2. The largest absolute Gasteiger partial charge is 0.338 e. The van der Waals surface area contributed by atoms with Gasteiger partial charge in [0.1, 0.15) is 5.82 Å². The van der Waals surface area contributed by atoms with Crippen LogP contribution in [0, 0.1) is 6.92 Å². The molecular formula is C17H19N5O. The maximum atomic E-state index is 11.9. The van der Waals surface area contributed by atoms with Gasteiger partial charge in [0, 0.05) is 18.0 Å². The van der Waals surface area contributed by atoms with E-state index < -0.39 is 0 Å². The van der Waals surface area contributed by atoms with Gasteiger partial charge in [0.15, 0.2) is 5.82 Å². The van der Waals surface area contributed by atoms with Crippen molar-refractivity contribution in [2.24, 2.45) is 0 Å². The van der Waals surface area contributed by atoms with Crippen LogP contribution < -0.4 is 10.6 Å². The van der Waals surface area contributed by atoms with Crippen molar-refractivity contribution in [1.82, 2.24) is 20.1 Å². The smallest absolute Gasteiger partial charge is 0.320 e. The van der Waals surface area contributed by atoms with Gasteiger partial charge in [-0.1, -0.05) is 25.1 Å². The van der Waals surface area contributed by atoms with Gasteiger partial charge in [-0.2, -0.15) is 9.78 Å². The summed E-state index contributed by atoms with van der Waals surface area (Å²) in [6.07, 6.45) is 0.887. The van der Waals surface area contributed by atoms with Gasteiger partial charge in [-0.25, -0.2) is 9.78 Å². The van der Waals surface area contributed by atoms with Crippen LogP contribution in [0.5, 0.6) is 0 Å². The maximum absolute atomic E-state index is 11.9. The number of amides is 2. The molecule has 2 N–H and O–H groups in total. The average molecular weight is 309 g/mol. The standard InChI is InChI=1S/C17H19N5O/c1-3-10-18-17(23)20-16-11-12(2)21-22(16)15-9-8-13-6-4-5-7-14(13)19-15/h4-9,11H,3,10H2,1-2H3,(H2,18,20,23). The highest BCUT2D eigenvalue weighted by Crippen LogP contribution is 2.19. The summed E-state index contributed by atoms with van der Waals surface area (Å²) in [6.45, 7) is 4.52. The first kappa shape index (κ1) is 15.0. The van der Waals surface area contributed by atoms with Gasteiger partial charge in [0.2, 0.25) is 0 Å². The number of aromatic nitrogens is 3. The van der Waals surface area contributed by atoms with E-state index in [-0.39, 0.29) is 6.03 Å². The Balaban J connectivity index is 1.93. The van der Waals surface area contributed by atoms with Gasteiger partial charge < -0.3 is 5.32 Å². The molecule has 0 fully saturated rings. The summed E-state index contributed by atoms with van der Waals surface area (Å²) < 4.78 is 1.65. The lowest BCUT2D eigenvalue weighted by molar-refractivity contribution is 0.252. The van der Waals surface area contributed by atoms with E-state index >= 15 is 0 Å². The van der Waals surface area contributed by atoms with Crippen LogP contribution in [0.15, 0.2) is 42.5 Å². The van der Waals surface area contributed by atoms with Gasteiger partial charge in [-0.05, 0) is 31.5 Å². The summed E-state index contributed by atoms with van der Waals surface area (Å²) in [6, 6.07) is 13.4. The lowest BCUT2D eigenvalue weighted by Gasteiger charge is -2.09. The van der Waals surface area contributed by atoms with Gasteiger partial charge in [-0.15, -0.1) is 0 Å². The first-order valence-electron chi connectivity index (χ1n) is 7.65. The Kier molecular flexibility index (Phi) is 4.23. The number of para-hydroxylation sites is 1. The monoisotopic (exact) mass is 309 g/mol. The number of carbonyl (C=O) groups is 1. The Morgan fingerprint density at radius 3 is 2.87 bits per heavy atom. The molecule has 118 valence electrons. The van der Waals surface area contributed by atoms with Gasteiger partial charge in [0.25, 0.3) is 0 Å². The van der Waals surface area contributed by atoms with Crippen LogP contribution in [0.3, 0.4) is 0 Å². The Hall–Kier alpha value is -2.89. The number of fused-ring (bicyclic) bond motifs is 1. The van der Waals surface area contributed by atoms with E-state index in [0.717, 1.165) is 23.0 Å². The molecule has 6 nitrogen and oxygen atoms in total. The minimum absolute atomic E-state index is 0.242. The fourth-order valence-corrected chi connectivity index (χ4v) is 2.34. The highest BCUT2D eigenvalue weighted by Gasteiger charge is 2.11. The van der Waals surface area contributed by atoms with E-state index in [1.807, 2.05) is 56.3 Å². The molecule has 0 spiro atoms. The number of carbonyl (C=O) groups excluding carboxylic acids is 1. The lowest BCUT2D eigenvalue weighted by Crippen LogP contribution is -2.30. The molecular weight excluding hydrogens is 290 g/mol. The fourth-order valence-electron chi connectivity index (χ4n) is 2.34. The van der Waals surface area contributed by atoms with Crippen molar-refractivity contribution >= 4 is 22.8 Å². The van der Waals surface area contributed by atoms with Gasteiger partial charge in [-0.3, -0.25) is 5.32 Å². The molecule has 0 atom stereocenters. The molecule has 0 aliphatic heterocycles.